The van der Waals surface area contributed by atoms with E-state index in [2.05, 4.69) is 4.98 Å². The summed E-state index contributed by atoms with van der Waals surface area (Å²) in [6.45, 7) is 0.678. The molecule has 1 aliphatic rings. The highest BCUT2D eigenvalue weighted by Crippen LogP contribution is 2.32. The lowest BCUT2D eigenvalue weighted by molar-refractivity contribution is -0.154. The van der Waals surface area contributed by atoms with Crippen LogP contribution in [-0.2, 0) is 25.4 Å². The van der Waals surface area contributed by atoms with E-state index in [0.717, 1.165) is 4.57 Å². The second kappa shape index (κ2) is 8.39. The van der Waals surface area contributed by atoms with E-state index in [1.165, 1.54) is 20.2 Å². The van der Waals surface area contributed by atoms with Gasteiger partial charge in [-0.1, -0.05) is 0 Å². The Labute approximate surface area is 143 Å². The highest BCUT2D eigenvalue weighted by molar-refractivity contribution is 5.66. The second-order valence-corrected chi connectivity index (χ2v) is 5.67. The summed E-state index contributed by atoms with van der Waals surface area (Å²) >= 11 is 0. The van der Waals surface area contributed by atoms with Gasteiger partial charge in [0, 0.05) is 32.4 Å². The van der Waals surface area contributed by atoms with Crippen molar-refractivity contribution in [2.24, 2.45) is 0 Å². The first-order chi connectivity index (χ1) is 11.9. The van der Waals surface area contributed by atoms with Crippen LogP contribution in [0.15, 0.2) is 15.8 Å². The normalized spacial score (nSPS) is 25.9. The van der Waals surface area contributed by atoms with Crippen LogP contribution in [0.5, 0.6) is 0 Å². The molecule has 1 saturated heterocycles. The van der Waals surface area contributed by atoms with Crippen molar-refractivity contribution in [1.29, 1.82) is 0 Å². The summed E-state index contributed by atoms with van der Waals surface area (Å²) in [6.07, 6.45) is -1.67. The van der Waals surface area contributed by atoms with E-state index in [1.807, 2.05) is 0 Å². The fourth-order valence-electron chi connectivity index (χ4n) is 2.83. The molecule has 140 valence electrons. The number of nitrogens with zero attached hydrogens (tertiary/aromatic N) is 1. The average molecular weight is 358 g/mol. The van der Waals surface area contributed by atoms with Crippen LogP contribution >= 0.6 is 0 Å². The zero-order valence-electron chi connectivity index (χ0n) is 14.0. The van der Waals surface area contributed by atoms with Crippen LogP contribution in [0.25, 0.3) is 0 Å². The summed E-state index contributed by atoms with van der Waals surface area (Å²) in [5.74, 6) is -0.577. The number of aryl methyl sites for hydroxylation is 1. The van der Waals surface area contributed by atoms with E-state index < -0.39 is 48.4 Å². The molecule has 0 unspecified atom stereocenters. The highest BCUT2D eigenvalue weighted by atomic mass is 16.6. The van der Waals surface area contributed by atoms with Crippen molar-refractivity contribution in [1.82, 2.24) is 9.55 Å². The lowest BCUT2D eigenvalue weighted by Gasteiger charge is -2.23. The Balaban J connectivity index is 2.40. The van der Waals surface area contributed by atoms with E-state index in [0.29, 0.717) is 12.0 Å². The van der Waals surface area contributed by atoms with Gasteiger partial charge in [-0.05, 0) is 12.8 Å². The number of rotatable bonds is 7. The molecule has 10 nitrogen and oxygen atoms in total. The van der Waals surface area contributed by atoms with Gasteiger partial charge in [0.25, 0.3) is 5.56 Å². The number of aliphatic hydroxyl groups excluding tert-OH is 2. The quantitative estimate of drug-likeness (QED) is 0.490. The van der Waals surface area contributed by atoms with Crippen molar-refractivity contribution in [2.45, 2.75) is 44.3 Å². The van der Waals surface area contributed by atoms with E-state index in [1.54, 1.807) is 0 Å². The van der Waals surface area contributed by atoms with Crippen LogP contribution in [-0.4, -0.2) is 64.4 Å². The number of aliphatic hydroxyl groups is 2. The van der Waals surface area contributed by atoms with Crippen molar-refractivity contribution in [3.63, 3.8) is 0 Å². The van der Waals surface area contributed by atoms with Crippen molar-refractivity contribution in [3.8, 4) is 0 Å². The van der Waals surface area contributed by atoms with Crippen LogP contribution in [0.2, 0.25) is 0 Å². The van der Waals surface area contributed by atoms with E-state index in [-0.39, 0.29) is 13.0 Å². The summed E-state index contributed by atoms with van der Waals surface area (Å²) < 4.78 is 17.3. The average Bonchev–Trinajstić information content (AvgIpc) is 2.90. The Hall–Kier alpha value is -2.01. The fourth-order valence-corrected chi connectivity index (χ4v) is 2.83. The summed E-state index contributed by atoms with van der Waals surface area (Å²) in [5, 5.41) is 18.4. The lowest BCUT2D eigenvalue weighted by Crippen LogP contribution is -2.41. The number of aromatic nitrogens is 2. The smallest absolute Gasteiger partial charge is 0.330 e. The van der Waals surface area contributed by atoms with Crippen LogP contribution in [0.3, 0.4) is 0 Å². The molecule has 25 heavy (non-hydrogen) atoms. The Kier molecular flexibility index (Phi) is 6.48. The van der Waals surface area contributed by atoms with Crippen molar-refractivity contribution in [3.05, 3.63) is 32.6 Å². The van der Waals surface area contributed by atoms with Crippen LogP contribution in [0, 0.1) is 0 Å². The third kappa shape index (κ3) is 4.15. The Morgan fingerprint density at radius 2 is 2.08 bits per heavy atom. The van der Waals surface area contributed by atoms with Gasteiger partial charge in [-0.25, -0.2) is 4.79 Å². The maximum atomic E-state index is 12.2. The lowest BCUT2D eigenvalue weighted by atomic mass is 10.1. The molecule has 4 atom stereocenters. The Morgan fingerprint density at radius 3 is 2.64 bits per heavy atom. The zero-order chi connectivity index (χ0) is 18.6. The summed E-state index contributed by atoms with van der Waals surface area (Å²) in [6, 6.07) is 0. The molecule has 1 fully saturated rings. The van der Waals surface area contributed by atoms with Crippen LogP contribution in [0.1, 0.15) is 25.1 Å². The van der Waals surface area contributed by atoms with Crippen LogP contribution in [0.4, 0.5) is 0 Å². The van der Waals surface area contributed by atoms with Crippen molar-refractivity contribution in [2.75, 3.05) is 20.3 Å². The molecular formula is C15H22N2O8. The van der Waals surface area contributed by atoms with Gasteiger partial charge in [0.2, 0.25) is 0 Å². The van der Waals surface area contributed by atoms with E-state index >= 15 is 0 Å². The predicted octanol–water partition coefficient (Wildman–Crippen LogP) is -1.70. The number of hydrogen-bond acceptors (Lipinski definition) is 8. The molecule has 0 amide bonds. The third-order valence-corrected chi connectivity index (χ3v) is 3.96. The van der Waals surface area contributed by atoms with E-state index in [9.17, 15) is 19.5 Å². The monoisotopic (exact) mass is 358 g/mol. The Morgan fingerprint density at radius 1 is 1.36 bits per heavy atom. The zero-order valence-corrected chi connectivity index (χ0v) is 14.0. The third-order valence-electron chi connectivity index (χ3n) is 3.96. The summed E-state index contributed by atoms with van der Waals surface area (Å²) in [5.41, 5.74) is -0.967. The number of aromatic amines is 1. The highest BCUT2D eigenvalue weighted by Gasteiger charge is 2.48. The van der Waals surface area contributed by atoms with Gasteiger partial charge >= 0.3 is 11.7 Å². The van der Waals surface area contributed by atoms with Crippen LogP contribution < -0.4 is 11.2 Å². The summed E-state index contributed by atoms with van der Waals surface area (Å²) in [7, 11) is 1.36. The van der Waals surface area contributed by atoms with Gasteiger partial charge in [0.05, 0.1) is 6.61 Å². The van der Waals surface area contributed by atoms with Gasteiger partial charge in [-0.2, -0.15) is 0 Å². The number of esters is 1. The number of H-pyrrole nitrogens is 1. The maximum absolute atomic E-state index is 12.2. The molecule has 0 bridgehead atoms. The molecule has 2 heterocycles. The number of methoxy groups -OCH3 is 1. The molecule has 0 radical (unpaired) electrons. The van der Waals surface area contributed by atoms with Gasteiger partial charge in [-0.3, -0.25) is 19.1 Å². The molecule has 10 heteroatoms. The number of carbonyl (C=O) groups is 1. The first-order valence-electron chi connectivity index (χ1n) is 7.84. The van der Waals surface area contributed by atoms with Crippen molar-refractivity contribution >= 4 is 5.97 Å². The minimum atomic E-state index is -0.997. The van der Waals surface area contributed by atoms with E-state index in [4.69, 9.17) is 19.3 Å². The number of hydrogen-bond donors (Lipinski definition) is 3. The molecular weight excluding hydrogens is 336 g/mol. The molecule has 0 saturated carbocycles. The second-order valence-electron chi connectivity index (χ2n) is 5.67. The number of ether oxygens (including phenoxy) is 3. The standard InChI is InChI=1S/C15H22N2O8/c1-8(20)24-11-10(7-19)25-14(12(11)23-2)17-6-9(4-3-5-18)13(21)16-15(17)22/h6,10-12,14,18-19H,3-5,7H2,1-2H3,(H,16,21,22)/t10-,11-,12-,14-/m1/s1. The first-order valence-corrected chi connectivity index (χ1v) is 7.84. The fraction of sp³-hybridized carbons (Fsp3) is 0.667. The van der Waals surface area contributed by atoms with Gasteiger partial charge in [-0.15, -0.1) is 0 Å². The largest absolute Gasteiger partial charge is 0.457 e. The van der Waals surface area contributed by atoms with Gasteiger partial charge in [0.1, 0.15) is 12.2 Å². The predicted molar refractivity (Wildman–Crippen MR) is 84.1 cm³/mol. The molecule has 1 aromatic heterocycles. The SMILES string of the molecule is CO[C@@H]1[C@H](OC(C)=O)[C@@H](CO)O[C@H]1n1cc(CCCO)c(=O)[nH]c1=O. The van der Waals surface area contributed by atoms with Gasteiger partial charge < -0.3 is 24.4 Å². The molecule has 1 aromatic rings. The Bertz CT molecular complexity index is 712. The maximum Gasteiger partial charge on any atom is 0.330 e. The number of nitrogens with one attached hydrogen (secondary N) is 1. The molecule has 0 aliphatic carbocycles. The van der Waals surface area contributed by atoms with Crippen molar-refractivity contribution < 1.29 is 29.2 Å². The molecule has 1 aliphatic heterocycles. The molecule has 2 rings (SSSR count). The molecule has 3 N–H and O–H groups in total. The van der Waals surface area contributed by atoms with Gasteiger partial charge in [0.15, 0.2) is 12.3 Å². The molecule has 0 spiro atoms. The summed E-state index contributed by atoms with van der Waals surface area (Å²) in [4.78, 5) is 37.5. The molecule has 0 aromatic carbocycles. The number of carbonyl (C=O) groups excluding carboxylic acids is 1. The first kappa shape index (κ1) is 19.3. The minimum Gasteiger partial charge on any atom is -0.457 e. The minimum absolute atomic E-state index is 0.0969. The topological polar surface area (TPSA) is 140 Å².